The van der Waals surface area contributed by atoms with E-state index >= 15 is 0 Å². The van der Waals surface area contributed by atoms with Crippen LogP contribution in [-0.4, -0.2) is 44.1 Å². The van der Waals surface area contributed by atoms with E-state index in [-0.39, 0.29) is 30.3 Å². The number of esters is 2. The van der Waals surface area contributed by atoms with E-state index < -0.39 is 23.8 Å². The van der Waals surface area contributed by atoms with Crippen LogP contribution in [0.3, 0.4) is 0 Å². The largest absolute Gasteiger partial charge is 0.495 e. The molecule has 130 valence electrons. The third-order valence-corrected chi connectivity index (χ3v) is 2.63. The molecule has 0 aromatic heterocycles. The van der Waals surface area contributed by atoms with Gasteiger partial charge in [-0.1, -0.05) is 0 Å². The molecule has 0 heterocycles. The lowest BCUT2D eigenvalue weighted by Crippen LogP contribution is -2.26. The second kappa shape index (κ2) is 9.13. The Morgan fingerprint density at radius 1 is 0.917 bits per heavy atom. The number of ether oxygens (including phenoxy) is 3. The van der Waals surface area contributed by atoms with E-state index in [1.807, 2.05) is 0 Å². The number of carbonyl (C=O) groups excluding carboxylic acids is 4. The lowest BCUT2D eigenvalue weighted by atomic mass is 10.2. The van der Waals surface area contributed by atoms with Crippen molar-refractivity contribution in [2.75, 3.05) is 31.0 Å². The Labute approximate surface area is 138 Å². The van der Waals surface area contributed by atoms with Gasteiger partial charge in [0.05, 0.1) is 26.0 Å². The maximum absolute atomic E-state index is 11.7. The number of methoxy groups -OCH3 is 1. The summed E-state index contributed by atoms with van der Waals surface area (Å²) in [5.41, 5.74) is 0.324. The molecule has 1 aromatic rings. The summed E-state index contributed by atoms with van der Waals surface area (Å²) < 4.78 is 14.2. The molecule has 1 rings (SSSR count). The first-order valence-electron chi connectivity index (χ1n) is 7.07. The number of anilines is 2. The highest BCUT2D eigenvalue weighted by molar-refractivity contribution is 6.38. The van der Waals surface area contributed by atoms with Crippen LogP contribution in [0.2, 0.25) is 0 Å². The van der Waals surface area contributed by atoms with E-state index in [1.54, 1.807) is 13.8 Å². The Morgan fingerprint density at radius 2 is 1.46 bits per heavy atom. The first-order chi connectivity index (χ1) is 11.4. The number of benzene rings is 1. The number of rotatable bonds is 5. The average molecular weight is 338 g/mol. The number of nitrogens with one attached hydrogen (secondary N) is 2. The minimum atomic E-state index is -1.06. The lowest BCUT2D eigenvalue weighted by Gasteiger charge is -2.12. The van der Waals surface area contributed by atoms with Gasteiger partial charge >= 0.3 is 23.8 Å². The van der Waals surface area contributed by atoms with Gasteiger partial charge in [0.15, 0.2) is 0 Å². The molecule has 2 N–H and O–H groups in total. The van der Waals surface area contributed by atoms with Crippen LogP contribution in [0, 0.1) is 0 Å². The molecule has 9 nitrogen and oxygen atoms in total. The Balaban J connectivity index is 2.92. The average Bonchev–Trinajstić information content (AvgIpc) is 2.55. The molecule has 0 aliphatic heterocycles. The summed E-state index contributed by atoms with van der Waals surface area (Å²) in [7, 11) is 1.37. The number of hydrogen-bond acceptors (Lipinski definition) is 7. The molecule has 0 saturated carbocycles. The zero-order valence-electron chi connectivity index (χ0n) is 13.5. The molecular formula is C15H18N2O7. The van der Waals surface area contributed by atoms with Crippen molar-refractivity contribution in [3.63, 3.8) is 0 Å². The molecule has 0 aliphatic rings. The fourth-order valence-electron chi connectivity index (χ4n) is 1.63. The van der Waals surface area contributed by atoms with Gasteiger partial charge in [0.2, 0.25) is 0 Å². The van der Waals surface area contributed by atoms with E-state index in [0.717, 1.165) is 0 Å². The second-order valence-corrected chi connectivity index (χ2v) is 4.26. The summed E-state index contributed by atoms with van der Waals surface area (Å²) in [6.45, 7) is 3.26. The van der Waals surface area contributed by atoms with Gasteiger partial charge in [0, 0.05) is 5.69 Å². The van der Waals surface area contributed by atoms with E-state index in [4.69, 9.17) is 4.74 Å². The maximum atomic E-state index is 11.7. The first-order valence-corrected chi connectivity index (χ1v) is 7.07. The molecule has 24 heavy (non-hydrogen) atoms. The van der Waals surface area contributed by atoms with Crippen LogP contribution < -0.4 is 15.4 Å². The van der Waals surface area contributed by atoms with E-state index in [2.05, 4.69) is 20.1 Å². The molecule has 2 amide bonds. The predicted octanol–water partition coefficient (Wildman–Crippen LogP) is 0.698. The van der Waals surface area contributed by atoms with Crippen LogP contribution >= 0.6 is 0 Å². The van der Waals surface area contributed by atoms with Gasteiger partial charge < -0.3 is 24.8 Å². The summed E-state index contributed by atoms with van der Waals surface area (Å²) in [5, 5.41) is 4.62. The van der Waals surface area contributed by atoms with Gasteiger partial charge in [-0.25, -0.2) is 9.59 Å². The SMILES string of the molecule is CCOC(=O)C(=O)Nc1ccc(OC)c(NC(=O)C(=O)OCC)c1. The standard InChI is InChI=1S/C15H18N2O7/c1-4-23-14(20)12(18)16-9-6-7-11(22-3)10(8-9)17-13(19)15(21)24-5-2/h6-8H,4-5H2,1-3H3,(H,16,18)(H,17,19). The van der Waals surface area contributed by atoms with Gasteiger partial charge in [0.25, 0.3) is 0 Å². The van der Waals surface area contributed by atoms with E-state index in [9.17, 15) is 19.2 Å². The Bertz CT molecular complexity index is 643. The van der Waals surface area contributed by atoms with Crippen LogP contribution in [0.25, 0.3) is 0 Å². The molecule has 1 aromatic carbocycles. The fraction of sp³-hybridized carbons (Fsp3) is 0.333. The molecule has 0 radical (unpaired) electrons. The smallest absolute Gasteiger partial charge is 0.397 e. The highest BCUT2D eigenvalue weighted by Crippen LogP contribution is 2.27. The van der Waals surface area contributed by atoms with Crippen molar-refractivity contribution in [1.29, 1.82) is 0 Å². The minimum Gasteiger partial charge on any atom is -0.495 e. The summed E-state index contributed by atoms with van der Waals surface area (Å²) in [6, 6.07) is 4.23. The lowest BCUT2D eigenvalue weighted by molar-refractivity contribution is -0.152. The van der Waals surface area contributed by atoms with Crippen LogP contribution in [0.4, 0.5) is 11.4 Å². The van der Waals surface area contributed by atoms with Gasteiger partial charge in [-0.15, -0.1) is 0 Å². The number of carbonyl (C=O) groups is 4. The van der Waals surface area contributed by atoms with Crippen LogP contribution in [0.1, 0.15) is 13.8 Å². The van der Waals surface area contributed by atoms with Crippen molar-refractivity contribution >= 4 is 35.1 Å². The number of hydrogen-bond donors (Lipinski definition) is 2. The first kappa shape index (κ1) is 18.9. The molecule has 0 fully saturated rings. The summed E-state index contributed by atoms with van der Waals surface area (Å²) in [4.78, 5) is 46.0. The van der Waals surface area contributed by atoms with Gasteiger partial charge in [-0.05, 0) is 32.0 Å². The maximum Gasteiger partial charge on any atom is 0.397 e. The van der Waals surface area contributed by atoms with Crippen LogP contribution in [0.5, 0.6) is 5.75 Å². The predicted molar refractivity (Wildman–Crippen MR) is 83.5 cm³/mol. The topological polar surface area (TPSA) is 120 Å². The molecule has 0 bridgehead atoms. The zero-order valence-corrected chi connectivity index (χ0v) is 13.5. The minimum absolute atomic E-state index is 0.0546. The molecule has 9 heteroatoms. The normalized spacial score (nSPS) is 9.62. The molecule has 0 spiro atoms. The highest BCUT2D eigenvalue weighted by atomic mass is 16.5. The molecule has 0 saturated heterocycles. The zero-order chi connectivity index (χ0) is 18.1. The van der Waals surface area contributed by atoms with Gasteiger partial charge in [-0.3, -0.25) is 9.59 Å². The molecule has 0 unspecified atom stereocenters. The highest BCUT2D eigenvalue weighted by Gasteiger charge is 2.19. The summed E-state index contributed by atoms with van der Waals surface area (Å²) >= 11 is 0. The fourth-order valence-corrected chi connectivity index (χ4v) is 1.63. The van der Waals surface area contributed by atoms with E-state index in [0.29, 0.717) is 0 Å². The summed E-state index contributed by atoms with van der Waals surface area (Å²) in [6.07, 6.45) is 0. The Hall–Kier alpha value is -3.10. The third kappa shape index (κ3) is 5.27. The van der Waals surface area contributed by atoms with Crippen molar-refractivity contribution < 1.29 is 33.4 Å². The molecular weight excluding hydrogens is 320 g/mol. The van der Waals surface area contributed by atoms with Crippen LogP contribution in [-0.2, 0) is 28.7 Å². The van der Waals surface area contributed by atoms with E-state index in [1.165, 1.54) is 25.3 Å². The van der Waals surface area contributed by atoms with Crippen molar-refractivity contribution in [2.24, 2.45) is 0 Å². The second-order valence-electron chi connectivity index (χ2n) is 4.26. The van der Waals surface area contributed by atoms with Crippen molar-refractivity contribution in [3.8, 4) is 5.75 Å². The third-order valence-electron chi connectivity index (χ3n) is 2.63. The van der Waals surface area contributed by atoms with Crippen molar-refractivity contribution in [2.45, 2.75) is 13.8 Å². The molecule has 0 aliphatic carbocycles. The quantitative estimate of drug-likeness (QED) is 0.599. The van der Waals surface area contributed by atoms with Crippen molar-refractivity contribution in [3.05, 3.63) is 18.2 Å². The van der Waals surface area contributed by atoms with Crippen LogP contribution in [0.15, 0.2) is 18.2 Å². The Kier molecular flexibility index (Phi) is 7.21. The number of amides is 2. The van der Waals surface area contributed by atoms with Crippen molar-refractivity contribution in [1.82, 2.24) is 0 Å². The molecule has 0 atom stereocenters. The Morgan fingerprint density at radius 3 is 1.96 bits per heavy atom. The summed E-state index contributed by atoms with van der Waals surface area (Å²) in [5.74, 6) is -3.80. The van der Waals surface area contributed by atoms with Gasteiger partial charge in [0.1, 0.15) is 5.75 Å². The van der Waals surface area contributed by atoms with Gasteiger partial charge in [-0.2, -0.15) is 0 Å². The monoisotopic (exact) mass is 338 g/mol.